The normalized spacial score (nSPS) is 16.4. The second-order valence-corrected chi connectivity index (χ2v) is 6.93. The van der Waals surface area contributed by atoms with Gasteiger partial charge in [-0.1, -0.05) is 6.07 Å². The Labute approximate surface area is 151 Å². The standard InChI is InChI=1S/C20H21N3O3/c1-22(2)10-16-19(20(25)18-11-26-18)14-8-17(24)13(7-15(14)23(16)3)12-5-4-6-21-9-12/h4-9,18,24H,10-11H2,1-3H3. The molecule has 1 aromatic carbocycles. The molecule has 6 heteroatoms. The fourth-order valence-electron chi connectivity index (χ4n) is 3.40. The number of nitrogens with zero attached hydrogens (tertiary/aromatic N) is 3. The quantitative estimate of drug-likeness (QED) is 0.565. The topological polar surface area (TPSA) is 70.9 Å². The molecular weight excluding hydrogens is 330 g/mol. The number of ether oxygens (including phenoxy) is 1. The van der Waals surface area contributed by atoms with Crippen molar-refractivity contribution in [3.63, 3.8) is 0 Å². The van der Waals surface area contributed by atoms with Gasteiger partial charge in [-0.05, 0) is 32.3 Å². The van der Waals surface area contributed by atoms with E-state index >= 15 is 0 Å². The molecule has 1 unspecified atom stereocenters. The van der Waals surface area contributed by atoms with Gasteiger partial charge in [0, 0.05) is 53.7 Å². The molecule has 134 valence electrons. The Morgan fingerprint density at radius 3 is 2.81 bits per heavy atom. The van der Waals surface area contributed by atoms with E-state index in [9.17, 15) is 9.90 Å². The van der Waals surface area contributed by atoms with Gasteiger partial charge in [0.1, 0.15) is 11.9 Å². The predicted octanol–water partition coefficient (Wildman–Crippen LogP) is 2.59. The van der Waals surface area contributed by atoms with Gasteiger partial charge in [0.15, 0.2) is 5.78 Å². The molecule has 1 N–H and O–H groups in total. The number of aromatic hydroxyl groups is 1. The number of hydrogen-bond acceptors (Lipinski definition) is 5. The zero-order valence-electron chi connectivity index (χ0n) is 15.1. The average molecular weight is 351 g/mol. The molecule has 1 saturated heterocycles. The largest absolute Gasteiger partial charge is 0.507 e. The van der Waals surface area contributed by atoms with Crippen LogP contribution in [0.2, 0.25) is 0 Å². The van der Waals surface area contributed by atoms with Crippen LogP contribution < -0.4 is 0 Å². The van der Waals surface area contributed by atoms with Crippen molar-refractivity contribution in [2.45, 2.75) is 12.6 Å². The third-order valence-electron chi connectivity index (χ3n) is 4.75. The monoisotopic (exact) mass is 351 g/mol. The molecule has 0 radical (unpaired) electrons. The average Bonchev–Trinajstić information content (AvgIpc) is 3.42. The molecule has 0 bridgehead atoms. The highest BCUT2D eigenvalue weighted by molar-refractivity contribution is 6.13. The summed E-state index contributed by atoms with van der Waals surface area (Å²) in [5.74, 6) is 0.124. The van der Waals surface area contributed by atoms with Gasteiger partial charge in [-0.25, -0.2) is 0 Å². The third kappa shape index (κ3) is 2.77. The zero-order chi connectivity index (χ0) is 18.4. The van der Waals surface area contributed by atoms with Crippen molar-refractivity contribution in [1.82, 2.24) is 14.5 Å². The number of aromatic nitrogens is 2. The summed E-state index contributed by atoms with van der Waals surface area (Å²) in [5, 5.41) is 11.4. The van der Waals surface area contributed by atoms with Gasteiger partial charge in [-0.15, -0.1) is 0 Å². The number of fused-ring (bicyclic) bond motifs is 1. The summed E-state index contributed by atoms with van der Waals surface area (Å²) in [5.41, 5.74) is 4.01. The lowest BCUT2D eigenvalue weighted by atomic mass is 10.00. The smallest absolute Gasteiger partial charge is 0.196 e. The number of carbonyl (C=O) groups excluding carboxylic acids is 1. The van der Waals surface area contributed by atoms with Crippen LogP contribution in [0.4, 0.5) is 0 Å². The fourth-order valence-corrected chi connectivity index (χ4v) is 3.40. The van der Waals surface area contributed by atoms with Crippen molar-refractivity contribution >= 4 is 16.7 Å². The Morgan fingerprint density at radius 2 is 2.19 bits per heavy atom. The SMILES string of the molecule is CN(C)Cc1c(C(=O)C2CO2)c2cc(O)c(-c3cccnc3)cc2n1C. The molecule has 26 heavy (non-hydrogen) atoms. The maximum atomic E-state index is 12.9. The summed E-state index contributed by atoms with van der Waals surface area (Å²) in [6.07, 6.45) is 3.05. The van der Waals surface area contributed by atoms with Gasteiger partial charge in [0.2, 0.25) is 0 Å². The van der Waals surface area contributed by atoms with Crippen LogP contribution >= 0.6 is 0 Å². The van der Waals surface area contributed by atoms with E-state index in [1.54, 1.807) is 18.5 Å². The number of benzene rings is 1. The van der Waals surface area contributed by atoms with Crippen LogP contribution in [-0.4, -0.2) is 52.1 Å². The summed E-state index contributed by atoms with van der Waals surface area (Å²) in [7, 11) is 5.89. The number of aryl methyl sites for hydroxylation is 1. The molecule has 1 atom stereocenters. The lowest BCUT2D eigenvalue weighted by molar-refractivity contribution is 0.0953. The predicted molar refractivity (Wildman–Crippen MR) is 99.3 cm³/mol. The molecule has 0 aliphatic carbocycles. The van der Waals surface area contributed by atoms with Crippen LogP contribution in [0.25, 0.3) is 22.0 Å². The van der Waals surface area contributed by atoms with Crippen molar-refractivity contribution in [1.29, 1.82) is 0 Å². The van der Waals surface area contributed by atoms with Crippen LogP contribution in [0, 0.1) is 0 Å². The maximum Gasteiger partial charge on any atom is 0.196 e. The van der Waals surface area contributed by atoms with Crippen LogP contribution in [-0.2, 0) is 18.3 Å². The number of phenolic OH excluding ortho intramolecular Hbond substituents is 1. The van der Waals surface area contributed by atoms with Crippen LogP contribution in [0.3, 0.4) is 0 Å². The molecular formula is C20H21N3O3. The van der Waals surface area contributed by atoms with Crippen molar-refractivity contribution in [3.8, 4) is 16.9 Å². The van der Waals surface area contributed by atoms with E-state index < -0.39 is 0 Å². The lowest BCUT2D eigenvalue weighted by Crippen LogP contribution is -2.18. The minimum atomic E-state index is -0.360. The summed E-state index contributed by atoms with van der Waals surface area (Å²) in [4.78, 5) is 19.0. The number of phenols is 1. The summed E-state index contributed by atoms with van der Waals surface area (Å²) in [6, 6.07) is 7.35. The Bertz CT molecular complexity index is 989. The van der Waals surface area contributed by atoms with Gasteiger partial charge in [-0.2, -0.15) is 0 Å². The molecule has 1 aliphatic rings. The van der Waals surface area contributed by atoms with E-state index in [2.05, 4.69) is 4.98 Å². The number of carbonyl (C=O) groups is 1. The van der Waals surface area contributed by atoms with Gasteiger partial charge in [-0.3, -0.25) is 9.78 Å². The molecule has 0 spiro atoms. The molecule has 3 heterocycles. The molecule has 0 saturated carbocycles. The first-order valence-corrected chi connectivity index (χ1v) is 8.52. The Balaban J connectivity index is 1.96. The van der Waals surface area contributed by atoms with Crippen molar-refractivity contribution in [2.75, 3.05) is 20.7 Å². The van der Waals surface area contributed by atoms with E-state index in [1.807, 2.05) is 48.8 Å². The van der Waals surface area contributed by atoms with E-state index in [-0.39, 0.29) is 17.6 Å². The highest BCUT2D eigenvalue weighted by Gasteiger charge is 2.36. The number of hydrogen-bond donors (Lipinski definition) is 1. The first-order valence-electron chi connectivity index (χ1n) is 8.52. The number of Topliss-reactive ketones (excluding diaryl/α,β-unsaturated/α-hetero) is 1. The van der Waals surface area contributed by atoms with Gasteiger partial charge < -0.3 is 19.3 Å². The van der Waals surface area contributed by atoms with E-state index in [1.165, 1.54) is 0 Å². The zero-order valence-corrected chi connectivity index (χ0v) is 15.1. The number of pyridine rings is 1. The van der Waals surface area contributed by atoms with Crippen LogP contribution in [0.1, 0.15) is 16.1 Å². The van der Waals surface area contributed by atoms with E-state index in [4.69, 9.17) is 4.74 Å². The highest BCUT2D eigenvalue weighted by Crippen LogP contribution is 2.38. The molecule has 4 rings (SSSR count). The van der Waals surface area contributed by atoms with Crippen molar-refractivity contribution in [2.24, 2.45) is 7.05 Å². The Morgan fingerprint density at radius 1 is 1.42 bits per heavy atom. The van der Waals surface area contributed by atoms with Crippen LogP contribution in [0.15, 0.2) is 36.7 Å². The van der Waals surface area contributed by atoms with Crippen molar-refractivity contribution < 1.29 is 14.6 Å². The number of rotatable bonds is 5. The Kier molecular flexibility index (Phi) is 4.01. The summed E-state index contributed by atoms with van der Waals surface area (Å²) < 4.78 is 7.25. The minimum absolute atomic E-state index is 0.0130. The molecule has 3 aromatic rings. The summed E-state index contributed by atoms with van der Waals surface area (Å²) in [6.45, 7) is 1.10. The van der Waals surface area contributed by atoms with Crippen molar-refractivity contribution in [3.05, 3.63) is 47.9 Å². The highest BCUT2D eigenvalue weighted by atomic mass is 16.6. The first kappa shape index (κ1) is 16.8. The summed E-state index contributed by atoms with van der Waals surface area (Å²) >= 11 is 0. The van der Waals surface area contributed by atoms with E-state index in [0.717, 1.165) is 22.2 Å². The molecule has 1 aliphatic heterocycles. The van der Waals surface area contributed by atoms with E-state index in [0.29, 0.717) is 24.3 Å². The number of ketones is 1. The second-order valence-electron chi connectivity index (χ2n) is 6.93. The molecule has 0 amide bonds. The molecule has 1 fully saturated rings. The maximum absolute atomic E-state index is 12.9. The molecule has 2 aromatic heterocycles. The Hall–Kier alpha value is -2.70. The molecule has 6 nitrogen and oxygen atoms in total. The van der Waals surface area contributed by atoms with Crippen LogP contribution in [0.5, 0.6) is 5.75 Å². The van der Waals surface area contributed by atoms with Gasteiger partial charge >= 0.3 is 0 Å². The van der Waals surface area contributed by atoms with Gasteiger partial charge in [0.25, 0.3) is 0 Å². The van der Waals surface area contributed by atoms with Gasteiger partial charge in [0.05, 0.1) is 12.2 Å². The number of epoxide rings is 1. The second kappa shape index (κ2) is 6.23. The minimum Gasteiger partial charge on any atom is -0.507 e. The third-order valence-corrected chi connectivity index (χ3v) is 4.75. The fraction of sp³-hybridized carbons (Fsp3) is 0.300. The lowest BCUT2D eigenvalue weighted by Gasteiger charge is -2.12. The first-order chi connectivity index (χ1) is 12.5.